The highest BCUT2D eigenvalue weighted by atomic mass is 16.2. The zero-order valence-electron chi connectivity index (χ0n) is 8.63. The van der Waals surface area contributed by atoms with Crippen molar-refractivity contribution in [1.82, 2.24) is 10.2 Å². The Balaban J connectivity index is 2.59. The number of primary amides is 1. The highest BCUT2D eigenvalue weighted by Gasteiger charge is 2.34. The molecule has 2 amide bonds. The van der Waals surface area contributed by atoms with E-state index in [1.807, 2.05) is 0 Å². The van der Waals surface area contributed by atoms with Crippen LogP contribution in [0.4, 0.5) is 4.79 Å². The molecule has 13 heavy (non-hydrogen) atoms. The van der Waals surface area contributed by atoms with Gasteiger partial charge in [0.15, 0.2) is 0 Å². The number of rotatable bonds is 1. The average Bonchev–Trinajstić information content (AvgIpc) is 1.93. The molecule has 4 nitrogen and oxygen atoms in total. The molecule has 0 radical (unpaired) electrons. The third-order valence-electron chi connectivity index (χ3n) is 2.74. The minimum absolute atomic E-state index is 0.113. The van der Waals surface area contributed by atoms with Gasteiger partial charge in [0, 0.05) is 12.6 Å². The maximum absolute atomic E-state index is 10.7. The van der Waals surface area contributed by atoms with Gasteiger partial charge in [-0.15, -0.1) is 0 Å². The maximum Gasteiger partial charge on any atom is 0.312 e. The first-order chi connectivity index (χ1) is 5.92. The van der Waals surface area contributed by atoms with Gasteiger partial charge in [-0.2, -0.15) is 0 Å². The Labute approximate surface area is 79.5 Å². The van der Waals surface area contributed by atoms with Crippen LogP contribution in [0, 0.1) is 5.41 Å². The number of piperidine rings is 1. The molecule has 1 aliphatic heterocycles. The van der Waals surface area contributed by atoms with Crippen molar-refractivity contribution in [3.05, 3.63) is 0 Å². The molecule has 0 aromatic heterocycles. The van der Waals surface area contributed by atoms with Crippen molar-refractivity contribution < 1.29 is 4.79 Å². The van der Waals surface area contributed by atoms with Crippen LogP contribution < -0.4 is 11.1 Å². The minimum Gasteiger partial charge on any atom is -0.352 e. The van der Waals surface area contributed by atoms with Gasteiger partial charge in [-0.1, -0.05) is 13.8 Å². The topological polar surface area (TPSA) is 58.4 Å². The first kappa shape index (κ1) is 10.3. The van der Waals surface area contributed by atoms with E-state index >= 15 is 0 Å². The van der Waals surface area contributed by atoms with Crippen LogP contribution in [0.5, 0.6) is 0 Å². The summed E-state index contributed by atoms with van der Waals surface area (Å²) >= 11 is 0. The SMILES string of the molecule is CN1CC[C@@H](NC(N)=O)C(C)(C)C1. The Hall–Kier alpha value is -0.770. The quantitative estimate of drug-likeness (QED) is 0.620. The molecule has 1 fully saturated rings. The second-order valence-electron chi connectivity index (χ2n) is 4.58. The summed E-state index contributed by atoms with van der Waals surface area (Å²) in [5.74, 6) is 0. The number of nitrogens with one attached hydrogen (secondary N) is 1. The first-order valence-corrected chi connectivity index (χ1v) is 4.66. The van der Waals surface area contributed by atoms with Crippen LogP contribution in [0.15, 0.2) is 0 Å². The molecule has 0 spiro atoms. The van der Waals surface area contributed by atoms with Crippen LogP contribution in [-0.2, 0) is 0 Å². The van der Waals surface area contributed by atoms with Crippen molar-refractivity contribution >= 4 is 6.03 Å². The Kier molecular flexibility index (Phi) is 2.81. The number of nitrogens with two attached hydrogens (primary N) is 1. The number of carbonyl (C=O) groups excluding carboxylic acids is 1. The van der Waals surface area contributed by atoms with E-state index in [1.54, 1.807) is 0 Å². The highest BCUT2D eigenvalue weighted by molar-refractivity contribution is 5.72. The lowest BCUT2D eigenvalue weighted by molar-refractivity contribution is 0.101. The molecule has 0 aromatic carbocycles. The highest BCUT2D eigenvalue weighted by Crippen LogP contribution is 2.28. The van der Waals surface area contributed by atoms with Crippen molar-refractivity contribution in [2.45, 2.75) is 26.3 Å². The minimum atomic E-state index is -0.414. The lowest BCUT2D eigenvalue weighted by Gasteiger charge is -2.42. The van der Waals surface area contributed by atoms with E-state index in [9.17, 15) is 4.79 Å². The van der Waals surface area contributed by atoms with E-state index in [0.717, 1.165) is 19.5 Å². The molecule has 1 saturated heterocycles. The van der Waals surface area contributed by atoms with E-state index < -0.39 is 6.03 Å². The number of likely N-dealkylation sites (tertiary alicyclic amines) is 1. The van der Waals surface area contributed by atoms with Gasteiger partial charge in [-0.25, -0.2) is 4.79 Å². The second-order valence-corrected chi connectivity index (χ2v) is 4.58. The summed E-state index contributed by atoms with van der Waals surface area (Å²) in [5, 5.41) is 2.80. The molecule has 1 rings (SSSR count). The summed E-state index contributed by atoms with van der Waals surface area (Å²) in [4.78, 5) is 13.0. The second kappa shape index (κ2) is 3.54. The fourth-order valence-corrected chi connectivity index (χ4v) is 2.06. The lowest BCUT2D eigenvalue weighted by Crippen LogP contribution is -2.55. The monoisotopic (exact) mass is 185 g/mol. The van der Waals surface area contributed by atoms with Crippen molar-refractivity contribution in [3.63, 3.8) is 0 Å². The largest absolute Gasteiger partial charge is 0.352 e. The smallest absolute Gasteiger partial charge is 0.312 e. The predicted molar refractivity (Wildman–Crippen MR) is 52.4 cm³/mol. The van der Waals surface area contributed by atoms with Crippen molar-refractivity contribution in [2.75, 3.05) is 20.1 Å². The van der Waals surface area contributed by atoms with Crippen molar-refractivity contribution in [1.29, 1.82) is 0 Å². The van der Waals surface area contributed by atoms with Crippen LogP contribution >= 0.6 is 0 Å². The zero-order chi connectivity index (χ0) is 10.1. The average molecular weight is 185 g/mol. The first-order valence-electron chi connectivity index (χ1n) is 4.66. The van der Waals surface area contributed by atoms with E-state index in [2.05, 4.69) is 31.1 Å². The molecule has 1 aliphatic rings. The predicted octanol–water partition coefficient (Wildman–Crippen LogP) is 0.385. The van der Waals surface area contributed by atoms with Crippen molar-refractivity contribution in [3.8, 4) is 0 Å². The Morgan fingerprint density at radius 1 is 1.62 bits per heavy atom. The van der Waals surface area contributed by atoms with Gasteiger partial charge in [-0.05, 0) is 25.4 Å². The lowest BCUT2D eigenvalue weighted by atomic mass is 9.79. The number of urea groups is 1. The van der Waals surface area contributed by atoms with Gasteiger partial charge in [0.05, 0.1) is 0 Å². The third kappa shape index (κ3) is 2.59. The number of carbonyl (C=O) groups is 1. The molecule has 0 bridgehead atoms. The number of amides is 2. The van der Waals surface area contributed by atoms with Crippen LogP contribution in [0.25, 0.3) is 0 Å². The van der Waals surface area contributed by atoms with Crippen LogP contribution in [0.3, 0.4) is 0 Å². The third-order valence-corrected chi connectivity index (χ3v) is 2.74. The molecule has 1 atom stereocenters. The molecular formula is C9H19N3O. The van der Waals surface area contributed by atoms with Crippen molar-refractivity contribution in [2.24, 2.45) is 11.1 Å². The van der Waals surface area contributed by atoms with Crippen LogP contribution in [0.1, 0.15) is 20.3 Å². The summed E-state index contributed by atoms with van der Waals surface area (Å²) in [7, 11) is 2.10. The molecule has 0 aliphatic carbocycles. The van der Waals surface area contributed by atoms with Gasteiger partial charge < -0.3 is 16.0 Å². The summed E-state index contributed by atoms with van der Waals surface area (Å²) in [5.41, 5.74) is 5.23. The molecule has 1 heterocycles. The summed E-state index contributed by atoms with van der Waals surface area (Å²) in [6.07, 6.45) is 0.979. The van der Waals surface area contributed by atoms with Gasteiger partial charge in [0.2, 0.25) is 0 Å². The summed E-state index contributed by atoms with van der Waals surface area (Å²) in [6, 6.07) is -0.205. The van der Waals surface area contributed by atoms with E-state index in [0.29, 0.717) is 0 Å². The Bertz CT molecular complexity index is 203. The molecule has 0 aromatic rings. The fraction of sp³-hybridized carbons (Fsp3) is 0.889. The van der Waals surface area contributed by atoms with Gasteiger partial charge in [0.1, 0.15) is 0 Å². The van der Waals surface area contributed by atoms with E-state index in [4.69, 9.17) is 5.73 Å². The molecule has 0 unspecified atom stereocenters. The molecule has 0 saturated carbocycles. The van der Waals surface area contributed by atoms with Gasteiger partial charge in [0.25, 0.3) is 0 Å². The number of hydrogen-bond donors (Lipinski definition) is 2. The van der Waals surface area contributed by atoms with Gasteiger partial charge in [-0.3, -0.25) is 0 Å². The van der Waals surface area contributed by atoms with E-state index in [1.165, 1.54) is 0 Å². The zero-order valence-corrected chi connectivity index (χ0v) is 8.63. The summed E-state index contributed by atoms with van der Waals surface area (Å²) in [6.45, 7) is 6.33. The van der Waals surface area contributed by atoms with E-state index in [-0.39, 0.29) is 11.5 Å². The maximum atomic E-state index is 10.7. The normalized spacial score (nSPS) is 28.4. The van der Waals surface area contributed by atoms with Gasteiger partial charge >= 0.3 is 6.03 Å². The summed E-state index contributed by atoms with van der Waals surface area (Å²) < 4.78 is 0. The van der Waals surface area contributed by atoms with Crippen LogP contribution in [-0.4, -0.2) is 37.1 Å². The Morgan fingerprint density at radius 3 is 2.69 bits per heavy atom. The molecule has 76 valence electrons. The molecule has 4 heteroatoms. The Morgan fingerprint density at radius 2 is 2.23 bits per heavy atom. The number of hydrogen-bond acceptors (Lipinski definition) is 2. The molecular weight excluding hydrogens is 166 g/mol. The fourth-order valence-electron chi connectivity index (χ4n) is 2.06. The standard InChI is InChI=1S/C9H19N3O/c1-9(2)6-12(3)5-4-7(9)11-8(10)13/h7H,4-6H2,1-3H3,(H3,10,11,13)/t7-/m1/s1. The molecule has 3 N–H and O–H groups in total. The number of nitrogens with zero attached hydrogens (tertiary/aromatic N) is 1. The van der Waals surface area contributed by atoms with Crippen LogP contribution in [0.2, 0.25) is 0 Å².